The minimum Gasteiger partial charge on any atom is -0.507 e. The summed E-state index contributed by atoms with van der Waals surface area (Å²) in [5.74, 6) is -2.15. The number of benzene rings is 3. The largest absolute Gasteiger partial charge is 0.507 e. The molecule has 2 heterocycles. The van der Waals surface area contributed by atoms with Gasteiger partial charge in [-0.25, -0.2) is 4.90 Å². The molecular formula is C35H34N2O7. The van der Waals surface area contributed by atoms with E-state index in [1.807, 2.05) is 44.2 Å². The zero-order valence-electron chi connectivity index (χ0n) is 24.6. The third-order valence-corrected chi connectivity index (χ3v) is 9.17. The molecule has 2 aliphatic heterocycles. The normalized spacial score (nSPS) is 23.2. The first-order valence-electron chi connectivity index (χ1n) is 14.8. The standard InChI is InChI=1S/C35H34N2O7/c1-20-13-22(14-21(2)33(20)39)15-24(23-7-4-3-5-8-23)11-12-30-31-25(18-38)16-28-32(29(31)19-44-30)35(41)36(34(28)40)26-9-6-10-27(17-26)37(42)43/h3-10,13-15,17,28-30,32,38-39H,11-12,16,18-19H2,1-2H3/b24-15-/t28-,29+,30-,32-/m1/s1. The van der Waals surface area contributed by atoms with Crippen LogP contribution in [0.15, 0.2) is 77.9 Å². The second kappa shape index (κ2) is 11.8. The van der Waals surface area contributed by atoms with Gasteiger partial charge in [-0.15, -0.1) is 0 Å². The lowest BCUT2D eigenvalue weighted by Crippen LogP contribution is -2.35. The minimum atomic E-state index is -0.652. The Bertz CT molecular complexity index is 1690. The SMILES string of the molecule is Cc1cc(/C=C(/CC[C@H]2OC[C@H]3C2=C(CO)C[C@H]2C(=O)N(c4cccc([N+](=O)[O-])c4)C(=O)[C@H]23)c2ccccc2)cc(C)c1O. The van der Waals surface area contributed by atoms with Gasteiger partial charge in [0.2, 0.25) is 11.8 Å². The van der Waals surface area contributed by atoms with Crippen molar-refractivity contribution in [2.45, 2.75) is 39.2 Å². The van der Waals surface area contributed by atoms with Crippen LogP contribution in [-0.2, 0) is 14.3 Å². The molecule has 2 saturated heterocycles. The van der Waals surface area contributed by atoms with E-state index in [1.54, 1.807) is 0 Å². The summed E-state index contributed by atoms with van der Waals surface area (Å²) in [6.45, 7) is 3.78. The first kappa shape index (κ1) is 29.5. The number of allylic oxidation sites excluding steroid dienone is 1. The van der Waals surface area contributed by atoms with E-state index in [-0.39, 0.29) is 54.7 Å². The highest BCUT2D eigenvalue weighted by molar-refractivity contribution is 6.22. The molecule has 2 N–H and O–H groups in total. The van der Waals surface area contributed by atoms with Crippen molar-refractivity contribution >= 4 is 34.8 Å². The Morgan fingerprint density at radius 3 is 2.43 bits per heavy atom. The molecule has 226 valence electrons. The number of phenols is 1. The van der Waals surface area contributed by atoms with Gasteiger partial charge in [-0.1, -0.05) is 42.5 Å². The number of aliphatic hydroxyl groups excluding tert-OH is 1. The van der Waals surface area contributed by atoms with Gasteiger partial charge in [0.25, 0.3) is 5.69 Å². The molecule has 0 spiro atoms. The molecule has 0 saturated carbocycles. The van der Waals surface area contributed by atoms with Gasteiger partial charge in [-0.3, -0.25) is 19.7 Å². The number of aromatic hydroxyl groups is 1. The number of rotatable bonds is 8. The maximum atomic E-state index is 13.8. The molecule has 0 bridgehead atoms. The quantitative estimate of drug-likeness (QED) is 0.112. The van der Waals surface area contributed by atoms with Crippen LogP contribution in [0, 0.1) is 41.7 Å². The summed E-state index contributed by atoms with van der Waals surface area (Å²) in [5.41, 5.74) is 6.36. The van der Waals surface area contributed by atoms with Crippen LogP contribution in [0.4, 0.5) is 11.4 Å². The molecule has 3 aliphatic rings. The van der Waals surface area contributed by atoms with E-state index in [0.717, 1.165) is 43.9 Å². The fraction of sp³-hybridized carbons (Fsp3) is 0.314. The molecule has 0 unspecified atom stereocenters. The van der Waals surface area contributed by atoms with Crippen molar-refractivity contribution in [1.82, 2.24) is 0 Å². The number of aliphatic hydroxyl groups is 1. The van der Waals surface area contributed by atoms with Crippen molar-refractivity contribution in [3.05, 3.63) is 110 Å². The lowest BCUT2D eigenvalue weighted by Gasteiger charge is -2.31. The molecule has 3 aromatic carbocycles. The number of nitro benzene ring substituents is 1. The first-order valence-corrected chi connectivity index (χ1v) is 14.8. The van der Waals surface area contributed by atoms with Crippen LogP contribution in [0.1, 0.15) is 41.5 Å². The number of non-ortho nitro benzene ring substituents is 1. The Kier molecular flexibility index (Phi) is 7.92. The summed E-state index contributed by atoms with van der Waals surface area (Å²) >= 11 is 0. The molecule has 6 rings (SSSR count). The summed E-state index contributed by atoms with van der Waals surface area (Å²) in [6, 6.07) is 19.5. The zero-order chi connectivity index (χ0) is 31.1. The fourth-order valence-electron chi connectivity index (χ4n) is 7.13. The highest BCUT2D eigenvalue weighted by Crippen LogP contribution is 2.50. The predicted octanol–water partition coefficient (Wildman–Crippen LogP) is 5.75. The monoisotopic (exact) mass is 594 g/mol. The molecule has 0 radical (unpaired) electrons. The highest BCUT2D eigenvalue weighted by atomic mass is 16.6. The first-order chi connectivity index (χ1) is 21.2. The highest BCUT2D eigenvalue weighted by Gasteiger charge is 2.57. The topological polar surface area (TPSA) is 130 Å². The van der Waals surface area contributed by atoms with Crippen molar-refractivity contribution in [2.75, 3.05) is 18.1 Å². The van der Waals surface area contributed by atoms with Gasteiger partial charge in [0.1, 0.15) is 5.75 Å². The third kappa shape index (κ3) is 5.22. The Morgan fingerprint density at radius 1 is 1.02 bits per heavy atom. The second-order valence-corrected chi connectivity index (χ2v) is 11.8. The van der Waals surface area contributed by atoms with Crippen LogP contribution in [0.5, 0.6) is 5.75 Å². The van der Waals surface area contributed by atoms with E-state index >= 15 is 0 Å². The van der Waals surface area contributed by atoms with Gasteiger partial charge in [0.05, 0.1) is 41.8 Å². The molecular weight excluding hydrogens is 560 g/mol. The number of aryl methyl sites for hydroxylation is 2. The maximum absolute atomic E-state index is 13.8. The molecule has 0 aromatic heterocycles. The number of anilines is 1. The fourth-order valence-corrected chi connectivity index (χ4v) is 7.13. The number of carbonyl (C=O) groups excluding carboxylic acids is 2. The number of ether oxygens (including phenoxy) is 1. The minimum absolute atomic E-state index is 0.184. The van der Waals surface area contributed by atoms with Gasteiger partial charge in [0, 0.05) is 18.1 Å². The number of hydrogen-bond acceptors (Lipinski definition) is 7. The Labute approximate surface area is 255 Å². The Hall–Kier alpha value is -4.60. The van der Waals surface area contributed by atoms with Crippen LogP contribution in [0.2, 0.25) is 0 Å². The smallest absolute Gasteiger partial charge is 0.271 e. The van der Waals surface area contributed by atoms with Gasteiger partial charge in [-0.05, 0) is 90.3 Å². The van der Waals surface area contributed by atoms with Crippen molar-refractivity contribution < 1.29 is 29.5 Å². The Morgan fingerprint density at radius 2 is 1.75 bits per heavy atom. The van der Waals surface area contributed by atoms with E-state index in [9.17, 15) is 29.9 Å². The van der Waals surface area contributed by atoms with Gasteiger partial charge in [0.15, 0.2) is 0 Å². The Balaban J connectivity index is 1.28. The van der Waals surface area contributed by atoms with E-state index in [2.05, 4.69) is 18.2 Å². The average molecular weight is 595 g/mol. The number of nitro groups is 1. The molecule has 44 heavy (non-hydrogen) atoms. The van der Waals surface area contributed by atoms with Crippen LogP contribution in [-0.4, -0.2) is 46.3 Å². The van der Waals surface area contributed by atoms with Crippen LogP contribution in [0.3, 0.4) is 0 Å². The number of fused-ring (bicyclic) bond motifs is 3. The average Bonchev–Trinajstić information content (AvgIpc) is 3.55. The van der Waals surface area contributed by atoms with Gasteiger partial charge in [-0.2, -0.15) is 0 Å². The molecule has 1 aliphatic carbocycles. The number of carbonyl (C=O) groups is 2. The molecule has 3 aromatic rings. The molecule has 9 heteroatoms. The van der Waals surface area contributed by atoms with Crippen molar-refractivity contribution in [3.63, 3.8) is 0 Å². The lowest BCUT2D eigenvalue weighted by molar-refractivity contribution is -0.384. The summed E-state index contributed by atoms with van der Waals surface area (Å²) in [5, 5.41) is 32.0. The van der Waals surface area contributed by atoms with Gasteiger partial charge < -0.3 is 14.9 Å². The van der Waals surface area contributed by atoms with Crippen molar-refractivity contribution in [1.29, 1.82) is 0 Å². The number of nitrogens with zero attached hydrogens (tertiary/aromatic N) is 2. The summed E-state index contributed by atoms with van der Waals surface area (Å²) in [7, 11) is 0. The van der Waals surface area contributed by atoms with Crippen molar-refractivity contribution in [2.24, 2.45) is 17.8 Å². The van der Waals surface area contributed by atoms with Crippen LogP contribution in [0.25, 0.3) is 11.6 Å². The number of phenolic OH excluding ortho intramolecular Hbond substituents is 1. The third-order valence-electron chi connectivity index (χ3n) is 9.17. The lowest BCUT2D eigenvalue weighted by atomic mass is 9.69. The van der Waals surface area contributed by atoms with Gasteiger partial charge >= 0.3 is 0 Å². The second-order valence-electron chi connectivity index (χ2n) is 11.8. The van der Waals surface area contributed by atoms with E-state index in [1.165, 1.54) is 24.3 Å². The summed E-state index contributed by atoms with van der Waals surface area (Å²) in [4.78, 5) is 39.2. The maximum Gasteiger partial charge on any atom is 0.271 e. The summed E-state index contributed by atoms with van der Waals surface area (Å²) < 4.78 is 6.31. The number of hydrogen-bond donors (Lipinski definition) is 2. The molecule has 2 fully saturated rings. The zero-order valence-corrected chi connectivity index (χ0v) is 24.6. The van der Waals surface area contributed by atoms with E-state index in [4.69, 9.17) is 4.74 Å². The number of amides is 2. The van der Waals surface area contributed by atoms with E-state index < -0.39 is 22.7 Å². The van der Waals surface area contributed by atoms with Crippen LogP contribution < -0.4 is 4.90 Å². The molecule has 4 atom stereocenters. The number of imide groups is 1. The van der Waals surface area contributed by atoms with E-state index in [0.29, 0.717) is 12.8 Å². The molecule has 9 nitrogen and oxygen atoms in total. The van der Waals surface area contributed by atoms with Crippen LogP contribution >= 0.6 is 0 Å². The summed E-state index contributed by atoms with van der Waals surface area (Å²) in [6.07, 6.45) is 3.31. The predicted molar refractivity (Wildman–Crippen MR) is 166 cm³/mol. The van der Waals surface area contributed by atoms with Crippen molar-refractivity contribution in [3.8, 4) is 5.75 Å². The molecule has 2 amide bonds.